The van der Waals surface area contributed by atoms with Crippen LogP contribution in [-0.2, 0) is 0 Å². The van der Waals surface area contributed by atoms with Gasteiger partial charge in [-0.3, -0.25) is 0 Å². The molecule has 0 amide bonds. The van der Waals surface area contributed by atoms with Crippen molar-refractivity contribution in [2.75, 3.05) is 0 Å². The molecule has 22 heavy (non-hydrogen) atoms. The van der Waals surface area contributed by atoms with E-state index in [0.717, 1.165) is 0 Å². The molecule has 0 saturated carbocycles. The minimum Gasteiger partial charge on any atom is -0.472 e. The third-order valence-corrected chi connectivity index (χ3v) is 4.12. The summed E-state index contributed by atoms with van der Waals surface area (Å²) in [5.41, 5.74) is 3.74. The Kier molecular flexibility index (Phi) is 3.24. The molecule has 106 valence electrons. The lowest BCUT2D eigenvalue weighted by Crippen LogP contribution is -2.02. The van der Waals surface area contributed by atoms with E-state index in [2.05, 4.69) is 72.8 Å². The van der Waals surface area contributed by atoms with Gasteiger partial charge in [0.15, 0.2) is 0 Å². The summed E-state index contributed by atoms with van der Waals surface area (Å²) in [6.45, 7) is 0. The van der Waals surface area contributed by atoms with Gasteiger partial charge in [0.2, 0.25) is 0 Å². The van der Waals surface area contributed by atoms with Crippen LogP contribution in [0.1, 0.15) is 22.6 Å². The highest BCUT2D eigenvalue weighted by Gasteiger charge is 2.17. The van der Waals surface area contributed by atoms with Gasteiger partial charge >= 0.3 is 0 Å². The minimum absolute atomic E-state index is 0.199. The smallest absolute Gasteiger partial charge is 0.0944 e. The molecule has 0 radical (unpaired) electrons. The Morgan fingerprint density at radius 3 is 2.14 bits per heavy atom. The Morgan fingerprint density at radius 2 is 1.36 bits per heavy atom. The molecule has 0 bridgehead atoms. The van der Waals surface area contributed by atoms with Gasteiger partial charge in [-0.1, -0.05) is 72.8 Å². The van der Waals surface area contributed by atoms with E-state index in [4.69, 9.17) is 4.42 Å². The van der Waals surface area contributed by atoms with Crippen molar-refractivity contribution in [3.8, 4) is 0 Å². The number of furan rings is 1. The maximum Gasteiger partial charge on any atom is 0.0944 e. The molecule has 4 aromatic rings. The van der Waals surface area contributed by atoms with Crippen LogP contribution in [0.15, 0.2) is 95.8 Å². The predicted molar refractivity (Wildman–Crippen MR) is 90.0 cm³/mol. The fourth-order valence-corrected chi connectivity index (χ4v) is 3.05. The van der Waals surface area contributed by atoms with Crippen molar-refractivity contribution < 1.29 is 4.42 Å². The third-order valence-electron chi connectivity index (χ3n) is 4.12. The van der Waals surface area contributed by atoms with Gasteiger partial charge in [-0.25, -0.2) is 0 Å². The molecule has 0 saturated heterocycles. The van der Waals surface area contributed by atoms with Crippen LogP contribution in [0.5, 0.6) is 0 Å². The maximum absolute atomic E-state index is 5.33. The molecule has 1 nitrogen and oxygen atoms in total. The zero-order valence-corrected chi connectivity index (χ0v) is 12.1. The molecule has 0 fully saturated rings. The molecule has 0 aliphatic carbocycles. The van der Waals surface area contributed by atoms with E-state index in [1.165, 1.54) is 27.5 Å². The average Bonchev–Trinajstić information content (AvgIpc) is 3.10. The van der Waals surface area contributed by atoms with Crippen LogP contribution in [0.2, 0.25) is 0 Å². The maximum atomic E-state index is 5.33. The summed E-state index contributed by atoms with van der Waals surface area (Å²) in [5, 5.41) is 2.54. The molecule has 1 aromatic heterocycles. The second kappa shape index (κ2) is 5.53. The van der Waals surface area contributed by atoms with E-state index < -0.39 is 0 Å². The monoisotopic (exact) mass is 284 g/mol. The van der Waals surface area contributed by atoms with Crippen molar-refractivity contribution in [1.29, 1.82) is 0 Å². The first kappa shape index (κ1) is 12.9. The Morgan fingerprint density at radius 1 is 0.591 bits per heavy atom. The van der Waals surface area contributed by atoms with Crippen LogP contribution in [0.25, 0.3) is 10.8 Å². The van der Waals surface area contributed by atoms with E-state index in [1.54, 1.807) is 6.26 Å². The summed E-state index contributed by atoms with van der Waals surface area (Å²) in [5.74, 6) is 0.199. The molecule has 0 aliphatic rings. The second-order valence-electron chi connectivity index (χ2n) is 5.51. The van der Waals surface area contributed by atoms with Gasteiger partial charge in [0.1, 0.15) is 0 Å². The van der Waals surface area contributed by atoms with Crippen molar-refractivity contribution in [2.45, 2.75) is 5.92 Å². The predicted octanol–water partition coefficient (Wildman–Crippen LogP) is 5.61. The van der Waals surface area contributed by atoms with Crippen LogP contribution in [-0.4, -0.2) is 0 Å². The quantitative estimate of drug-likeness (QED) is 0.476. The SMILES string of the molecule is c1ccc([C@@H](c2ccoc2)c2ccc3ccccc3c2)cc1. The van der Waals surface area contributed by atoms with E-state index >= 15 is 0 Å². The molecule has 3 aromatic carbocycles. The number of benzene rings is 3. The summed E-state index contributed by atoms with van der Waals surface area (Å²) in [6.07, 6.45) is 3.58. The number of hydrogen-bond acceptors (Lipinski definition) is 1. The second-order valence-corrected chi connectivity index (χ2v) is 5.51. The van der Waals surface area contributed by atoms with Crippen molar-refractivity contribution >= 4 is 10.8 Å². The first-order chi connectivity index (χ1) is 10.9. The van der Waals surface area contributed by atoms with Gasteiger partial charge in [-0.05, 0) is 28.0 Å². The van der Waals surface area contributed by atoms with Gasteiger partial charge in [-0.15, -0.1) is 0 Å². The van der Waals surface area contributed by atoms with Crippen molar-refractivity contribution in [2.24, 2.45) is 0 Å². The lowest BCUT2D eigenvalue weighted by atomic mass is 9.86. The van der Waals surface area contributed by atoms with Gasteiger partial charge < -0.3 is 4.42 Å². The van der Waals surface area contributed by atoms with Gasteiger partial charge in [-0.2, -0.15) is 0 Å². The molecule has 4 rings (SSSR count). The van der Waals surface area contributed by atoms with Crippen molar-refractivity contribution in [3.63, 3.8) is 0 Å². The van der Waals surface area contributed by atoms with Crippen LogP contribution in [0.3, 0.4) is 0 Å². The number of rotatable bonds is 3. The van der Waals surface area contributed by atoms with Crippen molar-refractivity contribution in [1.82, 2.24) is 0 Å². The topological polar surface area (TPSA) is 13.1 Å². The molecular weight excluding hydrogens is 268 g/mol. The lowest BCUT2D eigenvalue weighted by molar-refractivity contribution is 0.563. The fraction of sp³-hybridized carbons (Fsp3) is 0.0476. The molecular formula is C21H16O. The highest BCUT2D eigenvalue weighted by atomic mass is 16.3. The standard InChI is InChI=1S/C21H16O/c1-2-7-17(8-3-1)21(20-12-13-22-15-20)19-11-10-16-6-4-5-9-18(16)14-19/h1-15,21H/t21-/m1/s1. The summed E-state index contributed by atoms with van der Waals surface area (Å²) in [6, 6.07) is 27.8. The third kappa shape index (κ3) is 2.31. The minimum atomic E-state index is 0.199. The number of hydrogen-bond donors (Lipinski definition) is 0. The summed E-state index contributed by atoms with van der Waals surface area (Å²) in [4.78, 5) is 0. The molecule has 1 atom stereocenters. The van der Waals surface area contributed by atoms with Crippen LogP contribution < -0.4 is 0 Å². The Labute approximate surface area is 129 Å². The first-order valence-corrected chi connectivity index (χ1v) is 7.47. The first-order valence-electron chi connectivity index (χ1n) is 7.47. The van der Waals surface area contributed by atoms with E-state index in [1.807, 2.05) is 12.3 Å². The molecule has 0 aliphatic heterocycles. The molecule has 0 spiro atoms. The zero-order valence-electron chi connectivity index (χ0n) is 12.1. The molecule has 1 heteroatoms. The van der Waals surface area contributed by atoms with Crippen LogP contribution in [0.4, 0.5) is 0 Å². The van der Waals surface area contributed by atoms with E-state index in [9.17, 15) is 0 Å². The van der Waals surface area contributed by atoms with Crippen LogP contribution >= 0.6 is 0 Å². The largest absolute Gasteiger partial charge is 0.472 e. The highest BCUT2D eigenvalue weighted by Crippen LogP contribution is 2.33. The summed E-state index contributed by atoms with van der Waals surface area (Å²) in [7, 11) is 0. The molecule has 1 heterocycles. The Balaban J connectivity index is 1.89. The average molecular weight is 284 g/mol. The lowest BCUT2D eigenvalue weighted by Gasteiger charge is -2.17. The number of fused-ring (bicyclic) bond motifs is 1. The Bertz CT molecular complexity index is 876. The fourth-order valence-electron chi connectivity index (χ4n) is 3.05. The molecule has 0 unspecified atom stereocenters. The van der Waals surface area contributed by atoms with E-state index in [0.29, 0.717) is 0 Å². The van der Waals surface area contributed by atoms with Gasteiger partial charge in [0, 0.05) is 11.5 Å². The zero-order chi connectivity index (χ0) is 14.8. The van der Waals surface area contributed by atoms with Crippen molar-refractivity contribution in [3.05, 3.63) is 108 Å². The van der Waals surface area contributed by atoms with Gasteiger partial charge in [0.25, 0.3) is 0 Å². The van der Waals surface area contributed by atoms with E-state index in [-0.39, 0.29) is 5.92 Å². The Hall–Kier alpha value is -2.80. The highest BCUT2D eigenvalue weighted by molar-refractivity contribution is 5.83. The molecule has 0 N–H and O–H groups in total. The van der Waals surface area contributed by atoms with Crippen LogP contribution in [0, 0.1) is 0 Å². The van der Waals surface area contributed by atoms with Gasteiger partial charge in [0.05, 0.1) is 12.5 Å². The normalized spacial score (nSPS) is 12.4. The summed E-state index contributed by atoms with van der Waals surface area (Å²) >= 11 is 0. The summed E-state index contributed by atoms with van der Waals surface area (Å²) < 4.78 is 5.33.